The molecule has 17 heavy (non-hydrogen) atoms. The fourth-order valence-corrected chi connectivity index (χ4v) is 2.66. The smallest absolute Gasteiger partial charge is 0.311 e. The Bertz CT molecular complexity index is 392. The van der Waals surface area contributed by atoms with Gasteiger partial charge in [-0.2, -0.15) is 0 Å². The van der Waals surface area contributed by atoms with E-state index < -0.39 is 5.97 Å². The molecule has 1 fully saturated rings. The van der Waals surface area contributed by atoms with Crippen LogP contribution in [0.1, 0.15) is 43.6 Å². The molecule has 1 aliphatic rings. The number of carboxylic acids is 1. The topological polar surface area (TPSA) is 55.1 Å². The summed E-state index contributed by atoms with van der Waals surface area (Å²) in [7, 11) is 1.92. The Balaban J connectivity index is 2.00. The summed E-state index contributed by atoms with van der Waals surface area (Å²) in [6.07, 6.45) is 9.55. The molecule has 0 radical (unpaired) electrons. The number of carboxylic acid groups (broad SMARTS) is 1. The van der Waals surface area contributed by atoms with E-state index in [4.69, 9.17) is 5.11 Å². The maximum absolute atomic E-state index is 10.7. The monoisotopic (exact) mass is 236 g/mol. The van der Waals surface area contributed by atoms with Crippen LogP contribution in [0.5, 0.6) is 0 Å². The van der Waals surface area contributed by atoms with E-state index in [2.05, 4.69) is 4.98 Å². The van der Waals surface area contributed by atoms with Crippen molar-refractivity contribution in [1.82, 2.24) is 9.55 Å². The minimum absolute atomic E-state index is 0.0150. The Labute approximate surface area is 102 Å². The van der Waals surface area contributed by atoms with Gasteiger partial charge < -0.3 is 9.67 Å². The molecule has 4 heteroatoms. The number of rotatable bonds is 4. The average Bonchev–Trinajstić information content (AvgIpc) is 2.62. The summed E-state index contributed by atoms with van der Waals surface area (Å²) in [5, 5.41) is 8.77. The lowest BCUT2D eigenvalue weighted by atomic mass is 9.86. The van der Waals surface area contributed by atoms with Crippen LogP contribution in [-0.4, -0.2) is 20.6 Å². The predicted molar refractivity (Wildman–Crippen MR) is 64.8 cm³/mol. The van der Waals surface area contributed by atoms with Crippen LogP contribution in [0.15, 0.2) is 6.20 Å². The second kappa shape index (κ2) is 5.34. The first-order valence-corrected chi connectivity index (χ1v) is 6.38. The van der Waals surface area contributed by atoms with Crippen molar-refractivity contribution in [2.24, 2.45) is 13.0 Å². The third-order valence-electron chi connectivity index (χ3n) is 3.71. The molecule has 0 spiro atoms. The van der Waals surface area contributed by atoms with E-state index in [0.717, 1.165) is 12.3 Å². The van der Waals surface area contributed by atoms with E-state index in [1.807, 2.05) is 17.8 Å². The molecule has 0 atom stereocenters. The Hall–Kier alpha value is -1.32. The molecule has 1 N–H and O–H groups in total. The number of nitrogens with zero attached hydrogens (tertiary/aromatic N) is 2. The third kappa shape index (κ3) is 3.08. The van der Waals surface area contributed by atoms with Crippen LogP contribution in [0.25, 0.3) is 0 Å². The zero-order valence-corrected chi connectivity index (χ0v) is 10.4. The van der Waals surface area contributed by atoms with Crippen molar-refractivity contribution < 1.29 is 9.90 Å². The molecule has 1 aliphatic carbocycles. The van der Waals surface area contributed by atoms with Gasteiger partial charge in [-0.15, -0.1) is 0 Å². The van der Waals surface area contributed by atoms with Gasteiger partial charge in [0.05, 0.1) is 0 Å². The first kappa shape index (κ1) is 12.1. The molecule has 1 heterocycles. The predicted octanol–water partition coefficient (Wildman–Crippen LogP) is 2.17. The number of hydrogen-bond acceptors (Lipinski definition) is 2. The summed E-state index contributed by atoms with van der Waals surface area (Å²) in [6.45, 7) is 0. The minimum atomic E-state index is -0.817. The molecule has 1 saturated carbocycles. The van der Waals surface area contributed by atoms with Gasteiger partial charge >= 0.3 is 5.97 Å². The van der Waals surface area contributed by atoms with E-state index in [0.29, 0.717) is 5.82 Å². The molecule has 1 aromatic rings. The minimum Gasteiger partial charge on any atom is -0.481 e. The first-order valence-electron chi connectivity index (χ1n) is 6.38. The molecular formula is C13H20N2O2. The highest BCUT2D eigenvalue weighted by Crippen LogP contribution is 2.26. The molecule has 0 amide bonds. The van der Waals surface area contributed by atoms with E-state index in [1.54, 1.807) is 0 Å². The normalized spacial score (nSPS) is 17.2. The Morgan fingerprint density at radius 3 is 2.82 bits per heavy atom. The van der Waals surface area contributed by atoms with Gasteiger partial charge in [-0.25, -0.2) is 4.98 Å². The molecule has 4 nitrogen and oxygen atoms in total. The second-order valence-corrected chi connectivity index (χ2v) is 5.00. The third-order valence-corrected chi connectivity index (χ3v) is 3.71. The van der Waals surface area contributed by atoms with Gasteiger partial charge in [-0.3, -0.25) is 4.79 Å². The molecule has 1 aromatic heterocycles. The van der Waals surface area contributed by atoms with Gasteiger partial charge in [0.25, 0.3) is 0 Å². The van der Waals surface area contributed by atoms with Gasteiger partial charge in [-0.05, 0) is 12.3 Å². The highest BCUT2D eigenvalue weighted by Gasteiger charge is 2.17. The van der Waals surface area contributed by atoms with Crippen LogP contribution in [0.2, 0.25) is 0 Å². The maximum Gasteiger partial charge on any atom is 0.311 e. The van der Waals surface area contributed by atoms with Crippen LogP contribution >= 0.6 is 0 Å². The lowest BCUT2D eigenvalue weighted by Crippen LogP contribution is -2.13. The molecule has 0 saturated heterocycles. The van der Waals surface area contributed by atoms with Crippen molar-refractivity contribution in [3.05, 3.63) is 17.7 Å². The number of aromatic nitrogens is 2. The number of carbonyl (C=O) groups is 1. The van der Waals surface area contributed by atoms with E-state index in [9.17, 15) is 4.79 Å². The second-order valence-electron chi connectivity index (χ2n) is 5.00. The van der Waals surface area contributed by atoms with Crippen molar-refractivity contribution in [2.45, 2.75) is 44.9 Å². The molecule has 0 unspecified atom stereocenters. The average molecular weight is 236 g/mol. The summed E-state index contributed by atoms with van der Waals surface area (Å²) in [6, 6.07) is 0. The summed E-state index contributed by atoms with van der Waals surface area (Å²) in [4.78, 5) is 14.9. The molecule has 94 valence electrons. The fourth-order valence-electron chi connectivity index (χ4n) is 2.66. The fraction of sp³-hybridized carbons (Fsp3) is 0.692. The van der Waals surface area contributed by atoms with Gasteiger partial charge in [0.1, 0.15) is 12.2 Å². The number of aliphatic carboxylic acids is 1. The zero-order chi connectivity index (χ0) is 12.3. The van der Waals surface area contributed by atoms with Crippen LogP contribution in [0.3, 0.4) is 0 Å². The number of imidazole rings is 1. The zero-order valence-electron chi connectivity index (χ0n) is 10.4. The van der Waals surface area contributed by atoms with Crippen LogP contribution in [-0.2, 0) is 24.7 Å². The van der Waals surface area contributed by atoms with Gasteiger partial charge in [0, 0.05) is 18.9 Å². The Morgan fingerprint density at radius 2 is 2.18 bits per heavy atom. The van der Waals surface area contributed by atoms with Gasteiger partial charge in [0.2, 0.25) is 0 Å². The first-order chi connectivity index (χ1) is 8.16. The van der Waals surface area contributed by atoms with Gasteiger partial charge in [-0.1, -0.05) is 32.1 Å². The Kier molecular flexibility index (Phi) is 3.82. The van der Waals surface area contributed by atoms with Crippen molar-refractivity contribution >= 4 is 5.97 Å². The van der Waals surface area contributed by atoms with Gasteiger partial charge in [0.15, 0.2) is 0 Å². The lowest BCUT2D eigenvalue weighted by molar-refractivity contribution is -0.136. The van der Waals surface area contributed by atoms with Crippen molar-refractivity contribution in [2.75, 3.05) is 0 Å². The van der Waals surface area contributed by atoms with Crippen LogP contribution < -0.4 is 0 Å². The van der Waals surface area contributed by atoms with Crippen molar-refractivity contribution in [1.29, 1.82) is 0 Å². The quantitative estimate of drug-likeness (QED) is 0.871. The van der Waals surface area contributed by atoms with Crippen LogP contribution in [0, 0.1) is 5.92 Å². The van der Waals surface area contributed by atoms with E-state index >= 15 is 0 Å². The molecular weight excluding hydrogens is 216 g/mol. The molecule has 0 bridgehead atoms. The summed E-state index contributed by atoms with van der Waals surface area (Å²) in [5.41, 5.74) is 1.17. The molecule has 2 rings (SSSR count). The highest BCUT2D eigenvalue weighted by molar-refractivity contribution is 5.69. The molecule has 0 aliphatic heterocycles. The standard InChI is InChI=1S/C13H20N2O2/c1-15-11(7-10-5-3-2-4-6-10)9-14-12(15)8-13(16)17/h9-10H,2-8H2,1H3,(H,16,17). The maximum atomic E-state index is 10.7. The lowest BCUT2D eigenvalue weighted by Gasteiger charge is -2.21. The highest BCUT2D eigenvalue weighted by atomic mass is 16.4. The number of hydrogen-bond donors (Lipinski definition) is 1. The van der Waals surface area contributed by atoms with Crippen LogP contribution in [0.4, 0.5) is 0 Å². The molecule has 0 aromatic carbocycles. The summed E-state index contributed by atoms with van der Waals surface area (Å²) < 4.78 is 1.95. The van der Waals surface area contributed by atoms with Crippen molar-refractivity contribution in [3.63, 3.8) is 0 Å². The van der Waals surface area contributed by atoms with E-state index in [1.165, 1.54) is 37.8 Å². The largest absolute Gasteiger partial charge is 0.481 e. The van der Waals surface area contributed by atoms with E-state index in [-0.39, 0.29) is 6.42 Å². The summed E-state index contributed by atoms with van der Waals surface area (Å²) in [5.74, 6) is 0.600. The SMILES string of the molecule is Cn1c(CC2CCCCC2)cnc1CC(=O)O. The van der Waals surface area contributed by atoms with Crippen molar-refractivity contribution in [3.8, 4) is 0 Å². The summed E-state index contributed by atoms with van der Waals surface area (Å²) >= 11 is 0. The Morgan fingerprint density at radius 1 is 1.47 bits per heavy atom.